The van der Waals surface area contributed by atoms with Gasteiger partial charge in [0.05, 0.1) is 28.8 Å². The van der Waals surface area contributed by atoms with E-state index in [-0.39, 0.29) is 33.0 Å². The van der Waals surface area contributed by atoms with E-state index in [1.165, 1.54) is 0 Å². The molecule has 0 aliphatic rings. The van der Waals surface area contributed by atoms with Crippen LogP contribution in [-0.4, -0.2) is 37.6 Å². The monoisotopic (exact) mass is 433 g/mol. The van der Waals surface area contributed by atoms with Gasteiger partial charge in [-0.2, -0.15) is 0 Å². The van der Waals surface area contributed by atoms with Gasteiger partial charge in [0.1, 0.15) is 11.5 Å². The van der Waals surface area contributed by atoms with Gasteiger partial charge < -0.3 is 9.47 Å². The third-order valence-corrected chi connectivity index (χ3v) is 5.70. The summed E-state index contributed by atoms with van der Waals surface area (Å²) in [6.45, 7) is 5.51. The molecule has 3 nitrogen and oxygen atoms in total. The van der Waals surface area contributed by atoms with Crippen LogP contribution in [0.25, 0.3) is 0 Å². The number of unbranched alkanes of at least 4 members (excludes halogenated alkanes) is 2. The van der Waals surface area contributed by atoms with Crippen LogP contribution in [0.3, 0.4) is 0 Å². The number of benzene rings is 2. The quantitative estimate of drug-likeness (QED) is 0.243. The van der Waals surface area contributed by atoms with Crippen molar-refractivity contribution in [3.05, 3.63) is 52.0 Å². The van der Waals surface area contributed by atoms with Crippen LogP contribution >= 0.6 is 31.8 Å². The van der Waals surface area contributed by atoms with Gasteiger partial charge in [-0.1, -0.05) is 56.0 Å². The Labute approximate surface area is 191 Å². The van der Waals surface area contributed by atoms with Crippen LogP contribution in [0, 0.1) is 0 Å². The molecule has 0 fully saturated rings. The third-order valence-electron chi connectivity index (χ3n) is 3.91. The molecular weight excluding hydrogens is 409 g/mol. The van der Waals surface area contributed by atoms with E-state index in [0.29, 0.717) is 34.6 Å². The minimum Gasteiger partial charge on any atom is -0.493 e. The molecule has 0 N–H and O–H groups in total. The zero-order valence-corrected chi connectivity index (χ0v) is 19.2. The molecule has 28 heavy (non-hydrogen) atoms. The molecule has 0 saturated heterocycles. The summed E-state index contributed by atoms with van der Waals surface area (Å²) in [5, 5.41) is 1.57. The van der Waals surface area contributed by atoms with E-state index >= 15 is 0 Å². The second kappa shape index (κ2) is 13.5. The average molecular weight is 434 g/mol. The maximum Gasteiger partial charge on any atom is 0.188 e. The Morgan fingerprint density at radius 3 is 2.18 bits per heavy atom. The van der Waals surface area contributed by atoms with E-state index in [4.69, 9.17) is 32.7 Å². The fourth-order valence-corrected chi connectivity index (χ4v) is 4.18. The van der Waals surface area contributed by atoms with E-state index in [1.807, 2.05) is 18.2 Å². The zero-order valence-electron chi connectivity index (χ0n) is 16.7. The number of hydrogen-bond donors (Lipinski definition) is 0. The first-order chi connectivity index (χ1) is 13.1. The summed E-state index contributed by atoms with van der Waals surface area (Å²) >= 11 is 12.4. The average Bonchev–Trinajstić information content (AvgIpc) is 2.64. The summed E-state index contributed by atoms with van der Waals surface area (Å²) in [5.41, 5.74) is 0.257. The molecule has 7 heteroatoms. The van der Waals surface area contributed by atoms with Crippen LogP contribution in [0.2, 0.25) is 10.0 Å². The molecule has 2 aromatic carbocycles. The van der Waals surface area contributed by atoms with Gasteiger partial charge in [0, 0.05) is 30.2 Å². The SMILES string of the molecule is CCCCOc1ccc(PC(=O)c2c(Cl)cccc2Cl)c(OCCCC)c1.[Li]. The van der Waals surface area contributed by atoms with E-state index in [1.54, 1.807) is 18.2 Å². The van der Waals surface area contributed by atoms with Crippen LogP contribution < -0.4 is 14.8 Å². The second-order valence-corrected chi connectivity index (χ2v) is 8.17. The first-order valence-electron chi connectivity index (χ1n) is 9.21. The third kappa shape index (κ3) is 7.62. The van der Waals surface area contributed by atoms with Crippen molar-refractivity contribution < 1.29 is 14.3 Å². The van der Waals surface area contributed by atoms with Gasteiger partial charge in [0.15, 0.2) is 5.52 Å². The van der Waals surface area contributed by atoms with E-state index in [9.17, 15) is 4.79 Å². The molecule has 0 heterocycles. The van der Waals surface area contributed by atoms with Gasteiger partial charge in [-0.05, 0) is 45.7 Å². The molecule has 1 radical (unpaired) electrons. The van der Waals surface area contributed by atoms with Crippen LogP contribution in [0.4, 0.5) is 0 Å². The molecule has 0 aromatic heterocycles. The summed E-state index contributed by atoms with van der Waals surface area (Å²) < 4.78 is 11.7. The Bertz CT molecular complexity index is 751. The number of hydrogen-bond acceptors (Lipinski definition) is 3. The molecular formula is C21H25Cl2LiO3P. The number of halogens is 2. The molecule has 2 rings (SSSR count). The Balaban J connectivity index is 0.00000392. The van der Waals surface area contributed by atoms with E-state index in [0.717, 1.165) is 36.7 Å². The fourth-order valence-electron chi connectivity index (χ4n) is 2.38. The molecule has 0 aliphatic carbocycles. The van der Waals surface area contributed by atoms with Crippen LogP contribution in [0.1, 0.15) is 49.9 Å². The Morgan fingerprint density at radius 2 is 1.57 bits per heavy atom. The first kappa shape index (κ1) is 25.4. The van der Waals surface area contributed by atoms with E-state index in [2.05, 4.69) is 13.8 Å². The smallest absolute Gasteiger partial charge is 0.188 e. The molecule has 2 aromatic rings. The van der Waals surface area contributed by atoms with Crippen molar-refractivity contribution in [2.45, 2.75) is 39.5 Å². The van der Waals surface area contributed by atoms with Gasteiger partial charge in [-0.3, -0.25) is 4.79 Å². The molecule has 0 bridgehead atoms. The topological polar surface area (TPSA) is 35.5 Å². The number of ether oxygens (including phenoxy) is 2. The van der Waals surface area contributed by atoms with Crippen molar-refractivity contribution in [3.8, 4) is 11.5 Å². The Hall–Kier alpha value is -0.683. The summed E-state index contributed by atoms with van der Waals surface area (Å²) in [5.74, 6) is 1.44. The van der Waals surface area contributed by atoms with Gasteiger partial charge in [-0.15, -0.1) is 0 Å². The summed E-state index contributed by atoms with van der Waals surface area (Å²) in [6, 6.07) is 10.7. The minimum absolute atomic E-state index is 0. The summed E-state index contributed by atoms with van der Waals surface area (Å²) in [4.78, 5) is 12.8. The Kier molecular flexibility index (Phi) is 12.2. The van der Waals surface area contributed by atoms with Gasteiger partial charge >= 0.3 is 0 Å². The van der Waals surface area contributed by atoms with Crippen LogP contribution in [0.15, 0.2) is 36.4 Å². The van der Waals surface area contributed by atoms with Gasteiger partial charge in [0.25, 0.3) is 0 Å². The van der Waals surface area contributed by atoms with Crippen molar-refractivity contribution in [2.75, 3.05) is 13.2 Å². The largest absolute Gasteiger partial charge is 0.493 e. The molecule has 0 amide bonds. The van der Waals surface area contributed by atoms with Crippen molar-refractivity contribution >= 4 is 61.5 Å². The fraction of sp³-hybridized carbons (Fsp3) is 0.381. The van der Waals surface area contributed by atoms with Crippen molar-refractivity contribution in [1.82, 2.24) is 0 Å². The summed E-state index contributed by atoms with van der Waals surface area (Å²) in [6.07, 6.45) is 4.07. The maximum absolute atomic E-state index is 12.8. The minimum atomic E-state index is -0.130. The normalized spacial score (nSPS) is 10.7. The van der Waals surface area contributed by atoms with Crippen molar-refractivity contribution in [3.63, 3.8) is 0 Å². The summed E-state index contributed by atoms with van der Waals surface area (Å²) in [7, 11) is -0.130. The number of carbonyl (C=O) groups is 1. The Morgan fingerprint density at radius 1 is 0.964 bits per heavy atom. The van der Waals surface area contributed by atoms with Crippen LogP contribution in [-0.2, 0) is 0 Å². The molecule has 0 spiro atoms. The van der Waals surface area contributed by atoms with Crippen LogP contribution in [0.5, 0.6) is 11.5 Å². The van der Waals surface area contributed by atoms with Crippen molar-refractivity contribution in [2.24, 2.45) is 0 Å². The molecule has 147 valence electrons. The van der Waals surface area contributed by atoms with Gasteiger partial charge in [0.2, 0.25) is 0 Å². The molecule has 1 unspecified atom stereocenters. The number of carbonyl (C=O) groups excluding carboxylic acids is 1. The predicted octanol–water partition coefficient (Wildman–Crippen LogP) is 6.11. The zero-order chi connectivity index (χ0) is 19.6. The maximum atomic E-state index is 12.8. The standard InChI is InChI=1S/C21H25Cl2O3P.Li/c1-3-5-12-25-15-10-11-19(18(14-15)26-13-6-4-2)27-21(24)20-16(22)8-7-9-17(20)23;/h7-11,14,27H,3-6,12-13H2,1-2H3;. The van der Waals surface area contributed by atoms with Crippen molar-refractivity contribution in [1.29, 1.82) is 0 Å². The van der Waals surface area contributed by atoms with Gasteiger partial charge in [-0.25, -0.2) is 0 Å². The number of rotatable bonds is 11. The second-order valence-electron chi connectivity index (χ2n) is 6.11. The molecule has 1 atom stereocenters. The predicted molar refractivity (Wildman–Crippen MR) is 122 cm³/mol. The molecule has 0 saturated carbocycles. The van der Waals surface area contributed by atoms with E-state index < -0.39 is 0 Å². The first-order valence-corrected chi connectivity index (χ1v) is 11.0. The molecule has 0 aliphatic heterocycles.